The molecule has 5 heteroatoms. The van der Waals surface area contributed by atoms with E-state index in [2.05, 4.69) is 9.97 Å². The first-order valence-corrected chi connectivity index (χ1v) is 6.78. The number of nitrogens with zero attached hydrogens (tertiary/aromatic N) is 2. The smallest absolute Gasteiger partial charge is 0.217 e. The number of nitrogens with two attached hydrogens (primary N) is 1. The van der Waals surface area contributed by atoms with E-state index in [0.29, 0.717) is 18.3 Å². The van der Waals surface area contributed by atoms with Gasteiger partial charge < -0.3 is 10.5 Å². The Bertz CT molecular complexity index is 348. The van der Waals surface area contributed by atoms with Crippen molar-refractivity contribution in [1.29, 1.82) is 0 Å². The van der Waals surface area contributed by atoms with Crippen molar-refractivity contribution in [3.8, 4) is 5.88 Å². The van der Waals surface area contributed by atoms with Crippen molar-refractivity contribution in [3.05, 3.63) is 12.4 Å². The third kappa shape index (κ3) is 2.65. The Kier molecular flexibility index (Phi) is 4.01. The van der Waals surface area contributed by atoms with E-state index in [9.17, 15) is 0 Å². The molecule has 0 spiro atoms. The molecular formula is C11H17N3OS. The summed E-state index contributed by atoms with van der Waals surface area (Å²) in [6.07, 6.45) is 7.22. The van der Waals surface area contributed by atoms with E-state index in [-0.39, 0.29) is 6.10 Å². The summed E-state index contributed by atoms with van der Waals surface area (Å²) < 4.78 is 5.88. The molecule has 1 aromatic heterocycles. The Morgan fingerprint density at radius 1 is 1.50 bits per heavy atom. The Balaban J connectivity index is 2.02. The molecule has 0 aliphatic heterocycles. The van der Waals surface area contributed by atoms with Gasteiger partial charge in [-0.05, 0) is 32.1 Å². The molecule has 1 aliphatic carbocycles. The van der Waals surface area contributed by atoms with Gasteiger partial charge in [0.2, 0.25) is 5.88 Å². The Labute approximate surface area is 100.0 Å². The van der Waals surface area contributed by atoms with Gasteiger partial charge in [0.05, 0.1) is 0 Å². The van der Waals surface area contributed by atoms with Gasteiger partial charge in [-0.25, -0.2) is 9.97 Å². The van der Waals surface area contributed by atoms with Crippen LogP contribution >= 0.6 is 11.8 Å². The lowest BCUT2D eigenvalue weighted by atomic mass is 10.1. The van der Waals surface area contributed by atoms with Crippen molar-refractivity contribution >= 4 is 11.8 Å². The highest BCUT2D eigenvalue weighted by Gasteiger charge is 2.28. The van der Waals surface area contributed by atoms with Crippen LogP contribution in [0.2, 0.25) is 0 Å². The number of hydrogen-bond acceptors (Lipinski definition) is 5. The molecule has 0 aromatic carbocycles. The van der Waals surface area contributed by atoms with E-state index in [1.54, 1.807) is 18.1 Å². The fraction of sp³-hybridized carbons (Fsp3) is 0.636. The van der Waals surface area contributed by atoms with Gasteiger partial charge in [0.25, 0.3) is 0 Å². The van der Waals surface area contributed by atoms with Crippen molar-refractivity contribution in [2.75, 3.05) is 12.8 Å². The summed E-state index contributed by atoms with van der Waals surface area (Å²) in [5, 5.41) is 0.937. The molecule has 2 rings (SSSR count). The molecule has 0 radical (unpaired) electrons. The number of hydrogen-bond donors (Lipinski definition) is 1. The normalized spacial score (nSPS) is 24.6. The Morgan fingerprint density at radius 2 is 2.38 bits per heavy atom. The molecule has 2 atom stereocenters. The van der Waals surface area contributed by atoms with Crippen LogP contribution < -0.4 is 10.5 Å². The summed E-state index contributed by atoms with van der Waals surface area (Å²) in [6.45, 7) is 0.700. The third-order valence-electron chi connectivity index (χ3n) is 2.99. The first-order chi connectivity index (χ1) is 7.83. The lowest BCUT2D eigenvalue weighted by Gasteiger charge is -2.19. The molecule has 1 aromatic rings. The zero-order chi connectivity index (χ0) is 11.4. The molecule has 1 fully saturated rings. The molecule has 1 heterocycles. The van der Waals surface area contributed by atoms with Gasteiger partial charge in [0.1, 0.15) is 17.5 Å². The van der Waals surface area contributed by atoms with Gasteiger partial charge in [0, 0.05) is 12.0 Å². The minimum Gasteiger partial charge on any atom is -0.474 e. The fourth-order valence-corrected chi connectivity index (χ4v) is 2.45. The van der Waals surface area contributed by atoms with Crippen LogP contribution in [0.3, 0.4) is 0 Å². The van der Waals surface area contributed by atoms with Gasteiger partial charge in [-0.2, -0.15) is 0 Å². The fourth-order valence-electron chi connectivity index (χ4n) is 2.08. The summed E-state index contributed by atoms with van der Waals surface area (Å²) in [5.74, 6) is 1.15. The lowest BCUT2D eigenvalue weighted by Crippen LogP contribution is -2.27. The quantitative estimate of drug-likeness (QED) is 0.640. The molecule has 0 amide bonds. The van der Waals surface area contributed by atoms with E-state index >= 15 is 0 Å². The maximum absolute atomic E-state index is 5.88. The average molecular weight is 239 g/mol. The Hall–Kier alpha value is -0.810. The molecule has 1 aliphatic rings. The number of rotatable bonds is 4. The second-order valence-corrected chi connectivity index (χ2v) is 4.81. The predicted octanol–water partition coefficient (Wildman–Crippen LogP) is 1.70. The van der Waals surface area contributed by atoms with Crippen molar-refractivity contribution in [2.24, 2.45) is 11.7 Å². The zero-order valence-corrected chi connectivity index (χ0v) is 10.2. The number of aromatic nitrogens is 2. The van der Waals surface area contributed by atoms with Crippen molar-refractivity contribution in [1.82, 2.24) is 9.97 Å². The minimum atomic E-state index is 0.231. The first-order valence-electron chi connectivity index (χ1n) is 5.56. The highest BCUT2D eigenvalue weighted by Crippen LogP contribution is 2.28. The van der Waals surface area contributed by atoms with Crippen molar-refractivity contribution in [3.63, 3.8) is 0 Å². The molecule has 2 N–H and O–H groups in total. The van der Waals surface area contributed by atoms with Crippen molar-refractivity contribution < 1.29 is 4.74 Å². The molecule has 0 saturated heterocycles. The van der Waals surface area contributed by atoms with Gasteiger partial charge in [-0.1, -0.05) is 0 Å². The number of ether oxygens (including phenoxy) is 1. The molecule has 2 unspecified atom stereocenters. The topological polar surface area (TPSA) is 61.0 Å². The molecule has 88 valence electrons. The van der Waals surface area contributed by atoms with Gasteiger partial charge >= 0.3 is 0 Å². The largest absolute Gasteiger partial charge is 0.474 e. The van der Waals surface area contributed by atoms with Crippen LogP contribution in [0, 0.1) is 5.92 Å². The number of thioether (sulfide) groups is 1. The van der Waals surface area contributed by atoms with Crippen LogP contribution in [-0.4, -0.2) is 28.9 Å². The van der Waals surface area contributed by atoms with Crippen LogP contribution in [0.25, 0.3) is 0 Å². The van der Waals surface area contributed by atoms with Gasteiger partial charge in [0.15, 0.2) is 0 Å². The maximum Gasteiger partial charge on any atom is 0.217 e. The SMILES string of the molecule is CSc1cc(OC2CCCC2CN)ncn1. The molecule has 4 nitrogen and oxygen atoms in total. The molecule has 0 bridgehead atoms. The van der Waals surface area contributed by atoms with Crippen LogP contribution in [0.1, 0.15) is 19.3 Å². The van der Waals surface area contributed by atoms with Crippen LogP contribution in [-0.2, 0) is 0 Å². The van der Waals surface area contributed by atoms with E-state index in [4.69, 9.17) is 10.5 Å². The van der Waals surface area contributed by atoms with E-state index < -0.39 is 0 Å². The minimum absolute atomic E-state index is 0.231. The second-order valence-electron chi connectivity index (χ2n) is 3.98. The lowest BCUT2D eigenvalue weighted by molar-refractivity contribution is 0.155. The summed E-state index contributed by atoms with van der Waals surface area (Å²) in [7, 11) is 0. The molecule has 1 saturated carbocycles. The van der Waals surface area contributed by atoms with E-state index in [0.717, 1.165) is 11.4 Å². The predicted molar refractivity (Wildman–Crippen MR) is 64.6 cm³/mol. The van der Waals surface area contributed by atoms with Gasteiger partial charge in [-0.15, -0.1) is 11.8 Å². The average Bonchev–Trinajstić information content (AvgIpc) is 2.76. The van der Waals surface area contributed by atoms with Gasteiger partial charge in [-0.3, -0.25) is 0 Å². The Morgan fingerprint density at radius 3 is 3.12 bits per heavy atom. The van der Waals surface area contributed by atoms with E-state index in [1.807, 2.05) is 12.3 Å². The van der Waals surface area contributed by atoms with Crippen LogP contribution in [0.5, 0.6) is 5.88 Å². The highest BCUT2D eigenvalue weighted by molar-refractivity contribution is 7.98. The molecule has 16 heavy (non-hydrogen) atoms. The monoisotopic (exact) mass is 239 g/mol. The van der Waals surface area contributed by atoms with Crippen LogP contribution in [0.4, 0.5) is 0 Å². The summed E-state index contributed by atoms with van der Waals surface area (Å²) in [4.78, 5) is 8.25. The van der Waals surface area contributed by atoms with Crippen molar-refractivity contribution in [2.45, 2.75) is 30.4 Å². The van der Waals surface area contributed by atoms with E-state index in [1.165, 1.54) is 12.8 Å². The first kappa shape index (κ1) is 11.7. The maximum atomic E-state index is 5.88. The summed E-state index contributed by atoms with van der Waals surface area (Å²) >= 11 is 1.59. The summed E-state index contributed by atoms with van der Waals surface area (Å²) in [5.41, 5.74) is 5.72. The summed E-state index contributed by atoms with van der Waals surface area (Å²) in [6, 6.07) is 1.89. The third-order valence-corrected chi connectivity index (χ3v) is 3.63. The second kappa shape index (κ2) is 5.50. The molecular weight excluding hydrogens is 222 g/mol. The van der Waals surface area contributed by atoms with Crippen LogP contribution in [0.15, 0.2) is 17.4 Å². The standard InChI is InChI=1S/C11H17N3OS/c1-16-11-5-10(13-7-14-11)15-9-4-2-3-8(9)6-12/h5,7-9H,2-4,6,12H2,1H3. The zero-order valence-electron chi connectivity index (χ0n) is 9.43. The highest BCUT2D eigenvalue weighted by atomic mass is 32.2.